The first-order valence-corrected chi connectivity index (χ1v) is 6.34. The molecular formula is C13H13N3S. The number of hydrogen-bond donors (Lipinski definition) is 1. The number of nitrogens with zero attached hydrogens (tertiary/aromatic N) is 2. The number of nitriles is 1. The Hall–Kier alpha value is -1.86. The van der Waals surface area contributed by atoms with Crippen LogP contribution < -0.4 is 5.32 Å². The van der Waals surface area contributed by atoms with Gasteiger partial charge < -0.3 is 5.32 Å². The van der Waals surface area contributed by atoms with E-state index >= 15 is 0 Å². The zero-order valence-corrected chi connectivity index (χ0v) is 10.4. The van der Waals surface area contributed by atoms with Crippen molar-refractivity contribution in [2.75, 3.05) is 5.32 Å². The average Bonchev–Trinajstić information content (AvgIpc) is 2.86. The monoisotopic (exact) mass is 243 g/mol. The van der Waals surface area contributed by atoms with E-state index in [0.29, 0.717) is 6.42 Å². The number of nitrogens with one attached hydrogen (secondary N) is 1. The van der Waals surface area contributed by atoms with Crippen LogP contribution in [-0.4, -0.2) is 4.98 Å². The Kier molecular flexibility index (Phi) is 3.73. The van der Waals surface area contributed by atoms with Gasteiger partial charge in [0.25, 0.3) is 0 Å². The first-order valence-electron chi connectivity index (χ1n) is 5.40. The lowest BCUT2D eigenvalue weighted by Crippen LogP contribution is -2.06. The molecule has 1 aromatic carbocycles. The fourth-order valence-corrected chi connectivity index (χ4v) is 2.22. The highest BCUT2D eigenvalue weighted by Gasteiger charge is 2.06. The number of benzene rings is 1. The van der Waals surface area contributed by atoms with E-state index in [-0.39, 0.29) is 6.04 Å². The first-order chi connectivity index (χ1) is 8.29. The van der Waals surface area contributed by atoms with Gasteiger partial charge in [-0.2, -0.15) is 5.26 Å². The minimum atomic E-state index is 0.197. The van der Waals surface area contributed by atoms with Crippen molar-refractivity contribution in [3.63, 3.8) is 0 Å². The molecule has 17 heavy (non-hydrogen) atoms. The minimum absolute atomic E-state index is 0.197. The summed E-state index contributed by atoms with van der Waals surface area (Å²) >= 11 is 1.60. The van der Waals surface area contributed by atoms with Crippen molar-refractivity contribution in [1.29, 1.82) is 5.26 Å². The summed E-state index contributed by atoms with van der Waals surface area (Å²) in [5.74, 6) is 0. The summed E-state index contributed by atoms with van der Waals surface area (Å²) in [5.41, 5.74) is 4.98. The van der Waals surface area contributed by atoms with Crippen LogP contribution in [0.5, 0.6) is 0 Å². The van der Waals surface area contributed by atoms with Crippen LogP contribution in [0.4, 0.5) is 5.69 Å². The molecule has 86 valence electrons. The van der Waals surface area contributed by atoms with Crippen molar-refractivity contribution in [1.82, 2.24) is 4.98 Å². The van der Waals surface area contributed by atoms with E-state index in [9.17, 15) is 0 Å². The molecule has 1 heterocycles. The molecule has 0 fully saturated rings. The average molecular weight is 243 g/mol. The topological polar surface area (TPSA) is 48.7 Å². The van der Waals surface area contributed by atoms with Crippen LogP contribution in [0.3, 0.4) is 0 Å². The van der Waals surface area contributed by atoms with Crippen molar-refractivity contribution in [3.05, 3.63) is 46.4 Å². The number of aromatic nitrogens is 1. The fraction of sp³-hybridized carbons (Fsp3) is 0.231. The third-order valence-corrected chi connectivity index (χ3v) is 3.12. The Bertz CT molecular complexity index is 496. The largest absolute Gasteiger partial charge is 0.377 e. The highest BCUT2D eigenvalue weighted by atomic mass is 32.1. The van der Waals surface area contributed by atoms with Crippen LogP contribution in [0, 0.1) is 11.3 Å². The Morgan fingerprint density at radius 1 is 1.41 bits per heavy atom. The quantitative estimate of drug-likeness (QED) is 0.895. The Morgan fingerprint density at radius 2 is 2.18 bits per heavy atom. The minimum Gasteiger partial charge on any atom is -0.377 e. The normalized spacial score (nSPS) is 11.8. The molecule has 0 aliphatic rings. The van der Waals surface area contributed by atoms with Gasteiger partial charge in [-0.1, -0.05) is 12.1 Å². The number of anilines is 1. The van der Waals surface area contributed by atoms with E-state index in [2.05, 4.69) is 23.3 Å². The van der Waals surface area contributed by atoms with Crippen LogP contribution >= 0.6 is 11.3 Å². The maximum atomic E-state index is 8.59. The van der Waals surface area contributed by atoms with Gasteiger partial charge in [-0.25, -0.2) is 4.98 Å². The molecule has 1 atom stereocenters. The van der Waals surface area contributed by atoms with Crippen molar-refractivity contribution in [2.24, 2.45) is 0 Å². The van der Waals surface area contributed by atoms with Crippen molar-refractivity contribution in [2.45, 2.75) is 19.4 Å². The van der Waals surface area contributed by atoms with Crippen molar-refractivity contribution < 1.29 is 0 Å². The molecule has 0 aliphatic carbocycles. The molecule has 0 aliphatic heterocycles. The zero-order valence-electron chi connectivity index (χ0n) is 9.55. The molecule has 2 aromatic rings. The summed E-state index contributed by atoms with van der Waals surface area (Å²) in [6.07, 6.45) is 0.460. The molecule has 0 bridgehead atoms. The van der Waals surface area contributed by atoms with Crippen LogP contribution in [0.15, 0.2) is 35.2 Å². The summed E-state index contributed by atoms with van der Waals surface area (Å²) < 4.78 is 0. The van der Waals surface area contributed by atoms with Gasteiger partial charge in [0, 0.05) is 11.1 Å². The summed E-state index contributed by atoms with van der Waals surface area (Å²) in [6, 6.07) is 10.3. The molecule has 0 saturated carbocycles. The predicted octanol–water partition coefficient (Wildman–Crippen LogP) is 3.38. The summed E-state index contributed by atoms with van der Waals surface area (Å²) in [6.45, 7) is 2.08. The Labute approximate surface area is 105 Å². The molecule has 1 unspecified atom stereocenters. The molecule has 0 amide bonds. The van der Waals surface area contributed by atoms with E-state index < -0.39 is 0 Å². The Morgan fingerprint density at radius 3 is 2.76 bits per heavy atom. The van der Waals surface area contributed by atoms with Crippen LogP contribution in [0.25, 0.3) is 0 Å². The van der Waals surface area contributed by atoms with Gasteiger partial charge in [0.05, 0.1) is 29.7 Å². The van der Waals surface area contributed by atoms with E-state index in [1.54, 1.807) is 11.3 Å². The molecule has 1 aromatic heterocycles. The summed E-state index contributed by atoms with van der Waals surface area (Å²) in [7, 11) is 0. The highest BCUT2D eigenvalue weighted by molar-refractivity contribution is 7.07. The van der Waals surface area contributed by atoms with Crippen LogP contribution in [0.2, 0.25) is 0 Å². The summed E-state index contributed by atoms with van der Waals surface area (Å²) in [4.78, 5) is 4.27. The molecule has 2 rings (SSSR count). The molecule has 0 saturated heterocycles. The van der Waals surface area contributed by atoms with E-state index in [4.69, 9.17) is 5.26 Å². The Balaban J connectivity index is 2.02. The van der Waals surface area contributed by atoms with E-state index in [1.165, 1.54) is 0 Å². The first kappa shape index (κ1) is 11.6. The van der Waals surface area contributed by atoms with Gasteiger partial charge in [-0.3, -0.25) is 0 Å². The fourth-order valence-electron chi connectivity index (χ4n) is 1.57. The number of hydrogen-bond acceptors (Lipinski definition) is 4. The lowest BCUT2D eigenvalue weighted by Gasteiger charge is -2.13. The van der Waals surface area contributed by atoms with Gasteiger partial charge >= 0.3 is 0 Å². The second kappa shape index (κ2) is 5.46. The second-order valence-corrected chi connectivity index (χ2v) is 4.53. The van der Waals surface area contributed by atoms with Crippen LogP contribution in [0.1, 0.15) is 24.2 Å². The zero-order chi connectivity index (χ0) is 12.1. The molecule has 4 heteroatoms. The van der Waals surface area contributed by atoms with Gasteiger partial charge in [0.1, 0.15) is 0 Å². The van der Waals surface area contributed by atoms with Crippen molar-refractivity contribution in [3.8, 4) is 6.07 Å². The highest BCUT2D eigenvalue weighted by Crippen LogP contribution is 2.19. The van der Waals surface area contributed by atoms with Gasteiger partial charge in [0.2, 0.25) is 0 Å². The number of rotatable bonds is 4. The van der Waals surface area contributed by atoms with Crippen molar-refractivity contribution >= 4 is 17.0 Å². The predicted molar refractivity (Wildman–Crippen MR) is 69.9 cm³/mol. The maximum absolute atomic E-state index is 8.59. The molecule has 0 radical (unpaired) electrons. The smallest absolute Gasteiger partial charge is 0.0795 e. The molecular weight excluding hydrogens is 230 g/mol. The standard InChI is InChI=1S/C13H13N3S/c1-10(13-8-17-9-15-13)16-12-4-2-11(3-5-12)6-7-14/h2-5,8-10,16H,6H2,1H3. The SMILES string of the molecule is CC(Nc1ccc(CC#N)cc1)c1cscn1. The maximum Gasteiger partial charge on any atom is 0.0795 e. The van der Waals surface area contributed by atoms with Gasteiger partial charge in [-0.05, 0) is 24.6 Å². The second-order valence-electron chi connectivity index (χ2n) is 3.81. The van der Waals surface area contributed by atoms with E-state index in [1.807, 2.05) is 35.2 Å². The summed E-state index contributed by atoms with van der Waals surface area (Å²) in [5, 5.41) is 14.0. The lowest BCUT2D eigenvalue weighted by atomic mass is 10.1. The lowest BCUT2D eigenvalue weighted by molar-refractivity contribution is 0.850. The number of thiazole rings is 1. The van der Waals surface area contributed by atoms with Gasteiger partial charge in [0.15, 0.2) is 0 Å². The molecule has 3 nitrogen and oxygen atoms in total. The van der Waals surface area contributed by atoms with E-state index in [0.717, 1.165) is 16.9 Å². The molecule has 1 N–H and O–H groups in total. The molecule has 0 spiro atoms. The van der Waals surface area contributed by atoms with Crippen LogP contribution in [-0.2, 0) is 6.42 Å². The van der Waals surface area contributed by atoms with Gasteiger partial charge in [-0.15, -0.1) is 11.3 Å². The third kappa shape index (κ3) is 3.05. The third-order valence-electron chi connectivity index (χ3n) is 2.52.